The zero-order chi connectivity index (χ0) is 13.5. The lowest BCUT2D eigenvalue weighted by molar-refractivity contribution is -0.134. The van der Waals surface area contributed by atoms with E-state index in [0.717, 1.165) is 39.0 Å². The van der Waals surface area contributed by atoms with Gasteiger partial charge in [-0.05, 0) is 32.1 Å². The van der Waals surface area contributed by atoms with E-state index in [4.69, 9.17) is 10.5 Å². The van der Waals surface area contributed by atoms with E-state index >= 15 is 0 Å². The lowest BCUT2D eigenvalue weighted by Gasteiger charge is -2.32. The largest absolute Gasteiger partial charge is 0.378 e. The fraction of sp³-hybridized carbons (Fsp3) is 0.929. The molecule has 1 aliphatic rings. The highest BCUT2D eigenvalue weighted by molar-refractivity contribution is 5.76. The number of hydrogen-bond acceptors (Lipinski definition) is 3. The molecule has 2 N–H and O–H groups in total. The highest BCUT2D eigenvalue weighted by atomic mass is 16.5. The van der Waals surface area contributed by atoms with Crippen LogP contribution < -0.4 is 5.73 Å². The molecule has 0 saturated carbocycles. The Kier molecular flexibility index (Phi) is 6.65. The molecule has 1 atom stereocenters. The lowest BCUT2D eigenvalue weighted by Crippen LogP contribution is -2.41. The summed E-state index contributed by atoms with van der Waals surface area (Å²) < 4.78 is 5.81. The van der Waals surface area contributed by atoms with E-state index in [1.54, 1.807) is 0 Å². The molecule has 1 heterocycles. The van der Waals surface area contributed by atoms with Gasteiger partial charge < -0.3 is 15.4 Å². The van der Waals surface area contributed by atoms with Crippen molar-refractivity contribution in [1.82, 2.24) is 4.90 Å². The van der Waals surface area contributed by atoms with Gasteiger partial charge in [0, 0.05) is 32.2 Å². The third kappa shape index (κ3) is 5.83. The van der Waals surface area contributed by atoms with Crippen LogP contribution in [0.3, 0.4) is 0 Å². The van der Waals surface area contributed by atoms with Crippen molar-refractivity contribution in [2.45, 2.75) is 58.6 Å². The first-order valence-corrected chi connectivity index (χ1v) is 7.14. The van der Waals surface area contributed by atoms with Crippen molar-refractivity contribution in [3.05, 3.63) is 0 Å². The van der Waals surface area contributed by atoms with E-state index in [1.807, 2.05) is 11.8 Å². The number of rotatable bonds is 6. The van der Waals surface area contributed by atoms with Gasteiger partial charge in [0.15, 0.2) is 0 Å². The predicted molar refractivity (Wildman–Crippen MR) is 73.3 cm³/mol. The van der Waals surface area contributed by atoms with Crippen LogP contribution in [0.5, 0.6) is 0 Å². The fourth-order valence-corrected chi connectivity index (χ4v) is 2.11. The summed E-state index contributed by atoms with van der Waals surface area (Å²) in [6.45, 7) is 8.75. The standard InChI is InChI=1S/C14H28N2O2/c1-11(2)10-18-13-6-8-16(9-7-13)14(17)5-4-12(3)15/h11-13H,4-10,15H2,1-3H3. The zero-order valence-corrected chi connectivity index (χ0v) is 12.0. The molecule has 1 rings (SSSR count). The number of carbonyl (C=O) groups is 1. The molecule has 4 heteroatoms. The Balaban J connectivity index is 2.20. The van der Waals surface area contributed by atoms with Crippen molar-refractivity contribution >= 4 is 5.91 Å². The zero-order valence-electron chi connectivity index (χ0n) is 12.0. The number of carbonyl (C=O) groups excluding carboxylic acids is 1. The molecule has 0 aromatic heterocycles. The highest BCUT2D eigenvalue weighted by Crippen LogP contribution is 2.16. The first kappa shape index (κ1) is 15.4. The van der Waals surface area contributed by atoms with Crippen LogP contribution in [0.1, 0.15) is 46.5 Å². The van der Waals surface area contributed by atoms with E-state index in [9.17, 15) is 4.79 Å². The van der Waals surface area contributed by atoms with Crippen LogP contribution in [0, 0.1) is 5.92 Å². The van der Waals surface area contributed by atoms with Gasteiger partial charge in [-0.3, -0.25) is 4.79 Å². The van der Waals surface area contributed by atoms with Crippen LogP contribution in [-0.4, -0.2) is 42.6 Å². The van der Waals surface area contributed by atoms with Crippen LogP contribution in [-0.2, 0) is 9.53 Å². The second-order valence-corrected chi connectivity index (χ2v) is 5.82. The van der Waals surface area contributed by atoms with E-state index in [0.29, 0.717) is 18.4 Å². The molecule has 0 spiro atoms. The van der Waals surface area contributed by atoms with E-state index in [2.05, 4.69) is 13.8 Å². The molecule has 18 heavy (non-hydrogen) atoms. The van der Waals surface area contributed by atoms with Gasteiger partial charge in [-0.15, -0.1) is 0 Å². The first-order valence-electron chi connectivity index (χ1n) is 7.14. The Morgan fingerprint density at radius 1 is 1.33 bits per heavy atom. The molecule has 0 bridgehead atoms. The van der Waals surface area contributed by atoms with Gasteiger partial charge in [0.25, 0.3) is 0 Å². The molecule has 0 aromatic rings. The fourth-order valence-electron chi connectivity index (χ4n) is 2.11. The second kappa shape index (κ2) is 7.74. The van der Waals surface area contributed by atoms with Gasteiger partial charge in [0.05, 0.1) is 6.10 Å². The molecule has 106 valence electrons. The van der Waals surface area contributed by atoms with Crippen molar-refractivity contribution in [2.24, 2.45) is 11.7 Å². The molecule has 0 aromatic carbocycles. The molecule has 0 radical (unpaired) electrons. The topological polar surface area (TPSA) is 55.6 Å². The van der Waals surface area contributed by atoms with Crippen molar-refractivity contribution in [1.29, 1.82) is 0 Å². The summed E-state index contributed by atoms with van der Waals surface area (Å²) in [6.07, 6.45) is 3.63. The number of nitrogens with zero attached hydrogens (tertiary/aromatic N) is 1. The van der Waals surface area contributed by atoms with Gasteiger partial charge in [-0.25, -0.2) is 0 Å². The summed E-state index contributed by atoms with van der Waals surface area (Å²) in [5, 5.41) is 0. The average molecular weight is 256 g/mol. The maximum absolute atomic E-state index is 11.9. The molecule has 1 fully saturated rings. The summed E-state index contributed by atoms with van der Waals surface area (Å²) in [5.41, 5.74) is 5.67. The van der Waals surface area contributed by atoms with E-state index < -0.39 is 0 Å². The third-order valence-electron chi connectivity index (χ3n) is 3.27. The van der Waals surface area contributed by atoms with E-state index in [1.165, 1.54) is 0 Å². The Bertz CT molecular complexity index is 246. The molecular weight excluding hydrogens is 228 g/mol. The van der Waals surface area contributed by atoms with Crippen LogP contribution >= 0.6 is 0 Å². The van der Waals surface area contributed by atoms with Crippen molar-refractivity contribution < 1.29 is 9.53 Å². The minimum absolute atomic E-state index is 0.112. The monoisotopic (exact) mass is 256 g/mol. The predicted octanol–water partition coefficient (Wildman–Crippen LogP) is 1.78. The van der Waals surface area contributed by atoms with Gasteiger partial charge in [0.1, 0.15) is 0 Å². The minimum Gasteiger partial charge on any atom is -0.378 e. The number of likely N-dealkylation sites (tertiary alicyclic amines) is 1. The average Bonchev–Trinajstić information content (AvgIpc) is 2.34. The number of amides is 1. The summed E-state index contributed by atoms with van der Waals surface area (Å²) >= 11 is 0. The number of ether oxygens (including phenoxy) is 1. The van der Waals surface area contributed by atoms with Crippen molar-refractivity contribution in [3.63, 3.8) is 0 Å². The minimum atomic E-state index is 0.112. The van der Waals surface area contributed by atoms with Crippen LogP contribution in [0.2, 0.25) is 0 Å². The third-order valence-corrected chi connectivity index (χ3v) is 3.27. The molecule has 1 amide bonds. The van der Waals surface area contributed by atoms with Gasteiger partial charge >= 0.3 is 0 Å². The molecule has 4 nitrogen and oxygen atoms in total. The Labute approximate surface area is 111 Å². The number of hydrogen-bond donors (Lipinski definition) is 1. The molecule has 1 unspecified atom stereocenters. The van der Waals surface area contributed by atoms with Gasteiger partial charge in [-0.2, -0.15) is 0 Å². The van der Waals surface area contributed by atoms with Crippen molar-refractivity contribution in [2.75, 3.05) is 19.7 Å². The van der Waals surface area contributed by atoms with Crippen LogP contribution in [0.25, 0.3) is 0 Å². The number of nitrogens with two attached hydrogens (primary N) is 1. The molecule has 1 saturated heterocycles. The second-order valence-electron chi connectivity index (χ2n) is 5.82. The van der Waals surface area contributed by atoms with Gasteiger partial charge in [-0.1, -0.05) is 13.8 Å². The maximum atomic E-state index is 11.9. The normalized spacial score (nSPS) is 19.3. The summed E-state index contributed by atoms with van der Waals surface area (Å²) in [4.78, 5) is 13.9. The van der Waals surface area contributed by atoms with Crippen molar-refractivity contribution in [3.8, 4) is 0 Å². The maximum Gasteiger partial charge on any atom is 0.222 e. The number of piperidine rings is 1. The summed E-state index contributed by atoms with van der Waals surface area (Å²) in [7, 11) is 0. The quantitative estimate of drug-likeness (QED) is 0.788. The molecule has 0 aliphatic carbocycles. The SMILES string of the molecule is CC(C)COC1CCN(C(=O)CCC(C)N)CC1. The van der Waals surface area contributed by atoms with Crippen LogP contribution in [0.15, 0.2) is 0 Å². The Hall–Kier alpha value is -0.610. The smallest absolute Gasteiger partial charge is 0.222 e. The Morgan fingerprint density at radius 2 is 1.94 bits per heavy atom. The summed E-state index contributed by atoms with van der Waals surface area (Å²) in [6, 6.07) is 0.112. The first-order chi connectivity index (χ1) is 8.49. The van der Waals surface area contributed by atoms with Gasteiger partial charge in [0.2, 0.25) is 5.91 Å². The molecule has 1 aliphatic heterocycles. The van der Waals surface area contributed by atoms with E-state index in [-0.39, 0.29) is 11.9 Å². The lowest BCUT2D eigenvalue weighted by atomic mass is 10.1. The highest BCUT2D eigenvalue weighted by Gasteiger charge is 2.23. The Morgan fingerprint density at radius 3 is 2.44 bits per heavy atom. The summed E-state index contributed by atoms with van der Waals surface area (Å²) in [5.74, 6) is 0.824. The van der Waals surface area contributed by atoms with Crippen LogP contribution in [0.4, 0.5) is 0 Å². The molecular formula is C14H28N2O2.